The molecule has 0 bridgehead atoms. The van der Waals surface area contributed by atoms with Crippen LogP contribution in [0.2, 0.25) is 25.7 Å². The van der Waals surface area contributed by atoms with Crippen LogP contribution in [0.25, 0.3) is 22.6 Å². The van der Waals surface area contributed by atoms with Crippen molar-refractivity contribution in [3.63, 3.8) is 0 Å². The van der Waals surface area contributed by atoms with Crippen molar-refractivity contribution in [3.8, 4) is 11.4 Å². The van der Waals surface area contributed by atoms with E-state index in [1.165, 1.54) is 24.1 Å². The van der Waals surface area contributed by atoms with Crippen LogP contribution in [0.5, 0.6) is 0 Å². The van der Waals surface area contributed by atoms with Crippen molar-refractivity contribution in [2.24, 2.45) is 7.05 Å². The summed E-state index contributed by atoms with van der Waals surface area (Å²) in [5, 5.41) is 4.71. The maximum atomic E-state index is 11.6. The minimum Gasteiger partial charge on any atom is -0.361 e. The molecule has 1 aliphatic rings. The average molecular weight is 412 g/mol. The molecule has 0 radical (unpaired) electrons. The molecular weight excluding hydrogens is 382 g/mol. The molecule has 0 saturated carbocycles. The zero-order valence-corrected chi connectivity index (χ0v) is 18.7. The molecule has 4 rings (SSSR count). The molecule has 154 valence electrons. The van der Waals surface area contributed by atoms with Crippen molar-refractivity contribution in [3.05, 3.63) is 29.2 Å². The van der Waals surface area contributed by atoms with Gasteiger partial charge in [0.1, 0.15) is 23.6 Å². The Balaban J connectivity index is 1.64. The molecule has 0 aliphatic heterocycles. The number of carbonyl (C=O) groups excluding carboxylic acids is 1. The number of rotatable bonds is 7. The van der Waals surface area contributed by atoms with Gasteiger partial charge >= 0.3 is 0 Å². The van der Waals surface area contributed by atoms with Gasteiger partial charge in [-0.25, -0.2) is 9.97 Å². The summed E-state index contributed by atoms with van der Waals surface area (Å²) >= 11 is 0. The van der Waals surface area contributed by atoms with Gasteiger partial charge in [-0.2, -0.15) is 5.10 Å². The molecule has 3 aromatic heterocycles. The zero-order chi connectivity index (χ0) is 20.6. The standard InChI is InChI=1S/C21H29N5O2Si/c1-25-18-8-6-5-7-16(18)20(24-25)17-11-22-21-19(23-17)15(13-27)12-26(21)14-28-9-10-29(2,3)4/h11-13H,5-10,14H2,1-4H3. The molecule has 7 nitrogen and oxygen atoms in total. The van der Waals surface area contributed by atoms with Gasteiger partial charge < -0.3 is 9.30 Å². The van der Waals surface area contributed by atoms with Crippen LogP contribution < -0.4 is 0 Å². The maximum absolute atomic E-state index is 11.6. The van der Waals surface area contributed by atoms with E-state index in [0.717, 1.165) is 43.2 Å². The number of aldehydes is 1. The predicted octanol–water partition coefficient (Wildman–Crippen LogP) is 3.84. The van der Waals surface area contributed by atoms with Gasteiger partial charge in [0, 0.05) is 39.2 Å². The van der Waals surface area contributed by atoms with Crippen LogP contribution in [0.4, 0.5) is 0 Å². The van der Waals surface area contributed by atoms with Crippen molar-refractivity contribution in [1.82, 2.24) is 24.3 Å². The number of fused-ring (bicyclic) bond motifs is 2. The molecule has 1 aliphatic carbocycles. The summed E-state index contributed by atoms with van der Waals surface area (Å²) in [6.45, 7) is 8.08. The lowest BCUT2D eigenvalue weighted by Gasteiger charge is -2.15. The first-order valence-corrected chi connectivity index (χ1v) is 14.0. The highest BCUT2D eigenvalue weighted by Crippen LogP contribution is 2.30. The van der Waals surface area contributed by atoms with E-state index >= 15 is 0 Å². The van der Waals surface area contributed by atoms with Crippen LogP contribution in [0.3, 0.4) is 0 Å². The molecule has 3 aromatic rings. The summed E-state index contributed by atoms with van der Waals surface area (Å²) in [4.78, 5) is 21.1. The Morgan fingerprint density at radius 2 is 2.03 bits per heavy atom. The Hall–Kier alpha value is -2.32. The topological polar surface area (TPSA) is 74.8 Å². The Morgan fingerprint density at radius 1 is 1.24 bits per heavy atom. The third kappa shape index (κ3) is 4.04. The van der Waals surface area contributed by atoms with Gasteiger partial charge in [-0.15, -0.1) is 0 Å². The first-order valence-electron chi connectivity index (χ1n) is 10.3. The molecule has 3 heterocycles. The highest BCUT2D eigenvalue weighted by atomic mass is 28.3. The van der Waals surface area contributed by atoms with E-state index in [0.29, 0.717) is 23.5 Å². The van der Waals surface area contributed by atoms with Crippen LogP contribution in [0, 0.1) is 0 Å². The molecule has 29 heavy (non-hydrogen) atoms. The van der Waals surface area contributed by atoms with E-state index < -0.39 is 8.07 Å². The summed E-state index contributed by atoms with van der Waals surface area (Å²) < 4.78 is 9.69. The fourth-order valence-electron chi connectivity index (χ4n) is 3.89. The van der Waals surface area contributed by atoms with E-state index in [4.69, 9.17) is 14.8 Å². The Morgan fingerprint density at radius 3 is 2.79 bits per heavy atom. The van der Waals surface area contributed by atoms with Crippen molar-refractivity contribution >= 4 is 25.5 Å². The van der Waals surface area contributed by atoms with Crippen molar-refractivity contribution < 1.29 is 9.53 Å². The summed E-state index contributed by atoms with van der Waals surface area (Å²) in [6.07, 6.45) is 8.84. The average Bonchev–Trinajstić information content (AvgIpc) is 3.22. The normalized spacial score (nSPS) is 14.3. The van der Waals surface area contributed by atoms with Gasteiger partial charge in [-0.05, 0) is 31.7 Å². The molecule has 0 spiro atoms. The van der Waals surface area contributed by atoms with E-state index in [1.807, 2.05) is 16.3 Å². The van der Waals surface area contributed by atoms with E-state index in [2.05, 4.69) is 24.6 Å². The van der Waals surface area contributed by atoms with Crippen LogP contribution in [0.1, 0.15) is 34.5 Å². The number of aromatic nitrogens is 5. The van der Waals surface area contributed by atoms with Gasteiger partial charge in [-0.1, -0.05) is 19.6 Å². The van der Waals surface area contributed by atoms with E-state index in [1.54, 1.807) is 12.4 Å². The smallest absolute Gasteiger partial charge is 0.161 e. The van der Waals surface area contributed by atoms with Crippen molar-refractivity contribution in [2.75, 3.05) is 6.61 Å². The summed E-state index contributed by atoms with van der Waals surface area (Å²) in [5.41, 5.74) is 6.01. The number of aryl methyl sites for hydroxylation is 1. The third-order valence-electron chi connectivity index (χ3n) is 5.56. The molecule has 8 heteroatoms. The Labute approximate surface area is 172 Å². The van der Waals surface area contributed by atoms with Gasteiger partial charge in [0.25, 0.3) is 0 Å². The number of hydrogen-bond donors (Lipinski definition) is 0. The SMILES string of the molecule is Cn1nc(-c2cnc3c(n2)c(C=O)cn3COCC[Si](C)(C)C)c2c1CCCC2. The van der Waals surface area contributed by atoms with Gasteiger partial charge in [0.05, 0.1) is 11.8 Å². The lowest BCUT2D eigenvalue weighted by atomic mass is 9.95. The summed E-state index contributed by atoms with van der Waals surface area (Å²) in [5.74, 6) is 0. The van der Waals surface area contributed by atoms with Crippen LogP contribution in [-0.4, -0.2) is 45.3 Å². The molecule has 0 N–H and O–H groups in total. The molecule has 0 saturated heterocycles. The Kier molecular flexibility index (Phi) is 5.39. The van der Waals surface area contributed by atoms with Gasteiger partial charge in [0.15, 0.2) is 11.9 Å². The van der Waals surface area contributed by atoms with Crippen molar-refractivity contribution in [1.29, 1.82) is 0 Å². The fourth-order valence-corrected chi connectivity index (χ4v) is 4.65. The van der Waals surface area contributed by atoms with Gasteiger partial charge in [0.2, 0.25) is 0 Å². The predicted molar refractivity (Wildman–Crippen MR) is 116 cm³/mol. The number of nitrogens with zero attached hydrogens (tertiary/aromatic N) is 5. The number of hydrogen-bond acceptors (Lipinski definition) is 5. The molecule has 0 amide bonds. The van der Waals surface area contributed by atoms with Crippen molar-refractivity contribution in [2.45, 2.75) is 58.1 Å². The maximum Gasteiger partial charge on any atom is 0.161 e. The number of ether oxygens (including phenoxy) is 1. The monoisotopic (exact) mass is 411 g/mol. The quantitative estimate of drug-likeness (QED) is 0.335. The Bertz CT molecular complexity index is 1050. The first-order chi connectivity index (χ1) is 13.9. The molecule has 0 atom stereocenters. The zero-order valence-electron chi connectivity index (χ0n) is 17.7. The second kappa shape index (κ2) is 7.83. The molecule has 0 unspecified atom stereocenters. The van der Waals surface area contributed by atoms with Gasteiger partial charge in [-0.3, -0.25) is 9.48 Å². The summed E-state index contributed by atoms with van der Waals surface area (Å²) in [6, 6.07) is 1.10. The molecular formula is C21H29N5O2Si. The third-order valence-corrected chi connectivity index (χ3v) is 7.26. The van der Waals surface area contributed by atoms with Crippen LogP contribution >= 0.6 is 0 Å². The highest BCUT2D eigenvalue weighted by molar-refractivity contribution is 6.76. The van der Waals surface area contributed by atoms with E-state index in [-0.39, 0.29) is 0 Å². The van der Waals surface area contributed by atoms with Crippen LogP contribution in [0.15, 0.2) is 12.4 Å². The lowest BCUT2D eigenvalue weighted by Crippen LogP contribution is -2.22. The largest absolute Gasteiger partial charge is 0.361 e. The highest BCUT2D eigenvalue weighted by Gasteiger charge is 2.22. The van der Waals surface area contributed by atoms with E-state index in [9.17, 15) is 4.79 Å². The lowest BCUT2D eigenvalue weighted by molar-refractivity contribution is 0.0897. The molecule has 0 aromatic carbocycles. The second-order valence-electron chi connectivity index (χ2n) is 9.05. The molecule has 0 fully saturated rings. The fraction of sp³-hybridized carbons (Fsp3) is 0.524. The summed E-state index contributed by atoms with van der Waals surface area (Å²) in [7, 11) is 0.857. The minimum absolute atomic E-state index is 0.377. The minimum atomic E-state index is -1.13. The number of carbonyl (C=O) groups is 1. The van der Waals surface area contributed by atoms with Crippen LogP contribution in [-0.2, 0) is 31.4 Å². The first kappa shape index (κ1) is 20.0. The second-order valence-corrected chi connectivity index (χ2v) is 14.7.